The second-order valence-corrected chi connectivity index (χ2v) is 5.10. The number of carbonyl (C=O) groups excluding carboxylic acids is 1. The van der Waals surface area contributed by atoms with E-state index in [1.807, 2.05) is 23.1 Å². The van der Waals surface area contributed by atoms with Gasteiger partial charge in [0.1, 0.15) is 11.6 Å². The largest absolute Gasteiger partial charge is 0.508 e. The van der Waals surface area contributed by atoms with Crippen molar-refractivity contribution in [2.75, 3.05) is 19.0 Å². The number of amides is 1. The standard InChI is InChI=1S/C14H18ClNO2/c15-10-14(18)16-6-4-11(5-7-16)8-12-2-1-3-13(17)9-12/h1-3,9,11,17H,4-8,10H2. The van der Waals surface area contributed by atoms with E-state index in [0.717, 1.165) is 37.9 Å². The number of phenols is 1. The molecule has 1 N–H and O–H groups in total. The van der Waals surface area contributed by atoms with E-state index < -0.39 is 0 Å². The summed E-state index contributed by atoms with van der Waals surface area (Å²) in [6.45, 7) is 1.60. The van der Waals surface area contributed by atoms with Crippen molar-refractivity contribution >= 4 is 17.5 Å². The molecule has 98 valence electrons. The predicted molar refractivity (Wildman–Crippen MR) is 71.8 cm³/mol. The summed E-state index contributed by atoms with van der Waals surface area (Å²) < 4.78 is 0. The van der Waals surface area contributed by atoms with E-state index in [1.54, 1.807) is 6.07 Å². The van der Waals surface area contributed by atoms with Crippen molar-refractivity contribution in [1.82, 2.24) is 4.90 Å². The van der Waals surface area contributed by atoms with Crippen molar-refractivity contribution in [2.45, 2.75) is 19.3 Å². The molecule has 3 nitrogen and oxygen atoms in total. The lowest BCUT2D eigenvalue weighted by Gasteiger charge is -2.31. The van der Waals surface area contributed by atoms with Gasteiger partial charge in [-0.15, -0.1) is 11.6 Å². The number of phenolic OH excluding ortho intramolecular Hbond substituents is 1. The molecule has 1 saturated heterocycles. The molecular weight excluding hydrogens is 250 g/mol. The summed E-state index contributed by atoms with van der Waals surface area (Å²) in [7, 11) is 0. The second-order valence-electron chi connectivity index (χ2n) is 4.83. The monoisotopic (exact) mass is 267 g/mol. The Morgan fingerprint density at radius 1 is 1.39 bits per heavy atom. The number of carbonyl (C=O) groups is 1. The highest BCUT2D eigenvalue weighted by molar-refractivity contribution is 6.27. The molecule has 1 aliphatic rings. The normalized spacial score (nSPS) is 16.8. The molecule has 0 bridgehead atoms. The summed E-state index contributed by atoms with van der Waals surface area (Å²) in [6.07, 6.45) is 2.99. The number of hydrogen-bond acceptors (Lipinski definition) is 2. The first-order valence-corrected chi connectivity index (χ1v) is 6.84. The van der Waals surface area contributed by atoms with E-state index in [9.17, 15) is 9.90 Å². The molecule has 0 saturated carbocycles. The maximum absolute atomic E-state index is 11.4. The van der Waals surface area contributed by atoms with Crippen LogP contribution in [0.2, 0.25) is 0 Å². The molecule has 1 aliphatic heterocycles. The minimum absolute atomic E-state index is 0.0347. The number of rotatable bonds is 3. The first-order valence-electron chi connectivity index (χ1n) is 6.30. The van der Waals surface area contributed by atoms with Crippen molar-refractivity contribution in [2.24, 2.45) is 5.92 Å². The van der Waals surface area contributed by atoms with Crippen LogP contribution >= 0.6 is 11.6 Å². The van der Waals surface area contributed by atoms with Crippen LogP contribution in [-0.4, -0.2) is 34.9 Å². The number of benzene rings is 1. The summed E-state index contributed by atoms with van der Waals surface area (Å²) in [5, 5.41) is 9.42. The lowest BCUT2D eigenvalue weighted by atomic mass is 9.90. The lowest BCUT2D eigenvalue weighted by Crippen LogP contribution is -2.39. The average molecular weight is 268 g/mol. The highest BCUT2D eigenvalue weighted by Gasteiger charge is 2.22. The average Bonchev–Trinajstić information content (AvgIpc) is 2.39. The molecule has 1 fully saturated rings. The van der Waals surface area contributed by atoms with Gasteiger partial charge in [0.15, 0.2) is 0 Å². The third-order valence-corrected chi connectivity index (χ3v) is 3.75. The zero-order chi connectivity index (χ0) is 13.0. The van der Waals surface area contributed by atoms with Crippen LogP contribution in [0.25, 0.3) is 0 Å². The highest BCUT2D eigenvalue weighted by Crippen LogP contribution is 2.23. The predicted octanol–water partition coefficient (Wildman–Crippen LogP) is 2.41. The third kappa shape index (κ3) is 3.39. The molecular formula is C14H18ClNO2. The van der Waals surface area contributed by atoms with Crippen molar-refractivity contribution in [1.29, 1.82) is 0 Å². The van der Waals surface area contributed by atoms with Crippen LogP contribution in [0.15, 0.2) is 24.3 Å². The summed E-state index contributed by atoms with van der Waals surface area (Å²) in [4.78, 5) is 13.3. The zero-order valence-electron chi connectivity index (χ0n) is 10.3. The molecule has 1 aromatic rings. The van der Waals surface area contributed by atoms with Gasteiger partial charge in [-0.25, -0.2) is 0 Å². The van der Waals surface area contributed by atoms with Crippen molar-refractivity contribution in [3.63, 3.8) is 0 Å². The Balaban J connectivity index is 1.85. The molecule has 0 unspecified atom stereocenters. The van der Waals surface area contributed by atoms with Crippen LogP contribution in [0.5, 0.6) is 5.75 Å². The van der Waals surface area contributed by atoms with Gasteiger partial charge >= 0.3 is 0 Å². The van der Waals surface area contributed by atoms with Gasteiger partial charge in [-0.05, 0) is 42.9 Å². The summed E-state index contributed by atoms with van der Waals surface area (Å²) >= 11 is 5.55. The zero-order valence-corrected chi connectivity index (χ0v) is 11.1. The topological polar surface area (TPSA) is 40.5 Å². The van der Waals surface area contributed by atoms with E-state index >= 15 is 0 Å². The quantitative estimate of drug-likeness (QED) is 0.855. The Hall–Kier alpha value is -1.22. The minimum Gasteiger partial charge on any atom is -0.508 e. The molecule has 1 heterocycles. The molecule has 1 amide bonds. The van der Waals surface area contributed by atoms with Crippen LogP contribution in [0.3, 0.4) is 0 Å². The van der Waals surface area contributed by atoms with Crippen LogP contribution in [-0.2, 0) is 11.2 Å². The Kier molecular flexibility index (Phi) is 4.48. The fourth-order valence-corrected chi connectivity index (χ4v) is 2.66. The van der Waals surface area contributed by atoms with E-state index in [0.29, 0.717) is 11.7 Å². The number of likely N-dealkylation sites (tertiary alicyclic amines) is 1. The molecule has 0 atom stereocenters. The number of aromatic hydroxyl groups is 1. The van der Waals surface area contributed by atoms with Crippen LogP contribution in [0.1, 0.15) is 18.4 Å². The number of piperidine rings is 1. The number of alkyl halides is 1. The van der Waals surface area contributed by atoms with Gasteiger partial charge < -0.3 is 10.0 Å². The van der Waals surface area contributed by atoms with Gasteiger partial charge in [-0.1, -0.05) is 12.1 Å². The number of nitrogens with zero attached hydrogens (tertiary/aromatic N) is 1. The Morgan fingerprint density at radius 3 is 2.72 bits per heavy atom. The number of hydrogen-bond donors (Lipinski definition) is 1. The highest BCUT2D eigenvalue weighted by atomic mass is 35.5. The molecule has 0 aromatic heterocycles. The summed E-state index contributed by atoms with van der Waals surface area (Å²) in [5.74, 6) is 1.03. The maximum atomic E-state index is 11.4. The Morgan fingerprint density at radius 2 is 2.11 bits per heavy atom. The smallest absolute Gasteiger partial charge is 0.237 e. The van der Waals surface area contributed by atoms with Gasteiger partial charge in [-0.3, -0.25) is 4.79 Å². The second kappa shape index (κ2) is 6.10. The first kappa shape index (κ1) is 13.2. The molecule has 18 heavy (non-hydrogen) atoms. The molecule has 0 spiro atoms. The van der Waals surface area contributed by atoms with Gasteiger partial charge in [-0.2, -0.15) is 0 Å². The summed E-state index contributed by atoms with van der Waals surface area (Å²) in [5.41, 5.74) is 1.16. The van der Waals surface area contributed by atoms with Crippen LogP contribution in [0.4, 0.5) is 0 Å². The van der Waals surface area contributed by atoms with Crippen molar-refractivity contribution < 1.29 is 9.90 Å². The van der Waals surface area contributed by atoms with E-state index in [2.05, 4.69) is 0 Å². The van der Waals surface area contributed by atoms with E-state index in [-0.39, 0.29) is 11.8 Å². The SMILES string of the molecule is O=C(CCl)N1CCC(Cc2cccc(O)c2)CC1. The van der Waals surface area contributed by atoms with Crippen LogP contribution < -0.4 is 0 Å². The minimum atomic E-state index is 0.0347. The molecule has 0 radical (unpaired) electrons. The van der Waals surface area contributed by atoms with Gasteiger partial charge in [0, 0.05) is 13.1 Å². The third-order valence-electron chi connectivity index (χ3n) is 3.52. The summed E-state index contributed by atoms with van der Waals surface area (Å²) in [6, 6.07) is 7.41. The Labute approximate surface area is 112 Å². The molecule has 4 heteroatoms. The Bertz CT molecular complexity index is 414. The molecule has 0 aliphatic carbocycles. The van der Waals surface area contributed by atoms with Crippen LogP contribution in [0, 0.1) is 5.92 Å². The van der Waals surface area contributed by atoms with Crippen molar-refractivity contribution in [3.05, 3.63) is 29.8 Å². The maximum Gasteiger partial charge on any atom is 0.237 e. The van der Waals surface area contributed by atoms with E-state index in [1.165, 1.54) is 0 Å². The lowest BCUT2D eigenvalue weighted by molar-refractivity contribution is -0.129. The van der Waals surface area contributed by atoms with E-state index in [4.69, 9.17) is 11.6 Å². The number of halogens is 1. The molecule has 2 rings (SSSR count). The fraction of sp³-hybridized carbons (Fsp3) is 0.500. The van der Waals surface area contributed by atoms with Crippen molar-refractivity contribution in [3.8, 4) is 5.75 Å². The fourth-order valence-electron chi connectivity index (χ4n) is 2.49. The van der Waals surface area contributed by atoms with Gasteiger partial charge in [0.2, 0.25) is 5.91 Å². The first-order chi connectivity index (χ1) is 8.69. The van der Waals surface area contributed by atoms with Gasteiger partial charge in [0.25, 0.3) is 0 Å². The molecule has 1 aromatic carbocycles. The van der Waals surface area contributed by atoms with Gasteiger partial charge in [0.05, 0.1) is 0 Å².